The van der Waals surface area contributed by atoms with Crippen molar-refractivity contribution in [1.29, 1.82) is 0 Å². The molecule has 2 rings (SSSR count). The van der Waals surface area contributed by atoms with Gasteiger partial charge in [-0.1, -0.05) is 23.2 Å². The number of halogens is 3. The molecule has 6 nitrogen and oxygen atoms in total. The first-order chi connectivity index (χ1) is 9.86. The summed E-state index contributed by atoms with van der Waals surface area (Å²) in [5.74, 6) is -3.75. The van der Waals surface area contributed by atoms with Crippen molar-refractivity contribution >= 4 is 29.2 Å². The van der Waals surface area contributed by atoms with E-state index in [1.165, 1.54) is 19.2 Å². The summed E-state index contributed by atoms with van der Waals surface area (Å²) in [4.78, 5) is 18.2. The molecule has 0 unspecified atom stereocenters. The minimum atomic E-state index is -1.49. The van der Waals surface area contributed by atoms with Gasteiger partial charge < -0.3 is 14.9 Å². The molecule has 1 heterocycles. The molecule has 110 valence electrons. The van der Waals surface area contributed by atoms with Gasteiger partial charge in [-0.2, -0.15) is 4.98 Å². The summed E-state index contributed by atoms with van der Waals surface area (Å²) >= 11 is 11.3. The molecule has 1 aromatic heterocycles. The van der Waals surface area contributed by atoms with Gasteiger partial charge in [0, 0.05) is 0 Å². The number of carboxylic acid groups (broad SMARTS) is 1. The Kier molecular flexibility index (Phi) is 4.15. The standard InChI is InChI=1S/C12H7Cl2FN2O4/c1-21-9-5(13)3-2-4(7(9)15)10-16-8(12(19)20)6(14)11(18)17-10/h2-3H,1H3,(H,19,20)(H,16,17,18). The highest BCUT2D eigenvalue weighted by Crippen LogP contribution is 2.35. The molecule has 0 radical (unpaired) electrons. The Bertz CT molecular complexity index is 740. The van der Waals surface area contributed by atoms with Crippen LogP contribution < -0.4 is 4.74 Å². The lowest BCUT2D eigenvalue weighted by Crippen LogP contribution is -2.05. The zero-order valence-corrected chi connectivity index (χ0v) is 11.9. The van der Waals surface area contributed by atoms with Crippen LogP contribution in [0, 0.1) is 5.82 Å². The summed E-state index contributed by atoms with van der Waals surface area (Å²) in [6, 6.07) is 2.56. The summed E-state index contributed by atoms with van der Waals surface area (Å²) in [5.41, 5.74) is -0.835. The van der Waals surface area contributed by atoms with E-state index in [0.29, 0.717) is 0 Å². The van der Waals surface area contributed by atoms with Crippen LogP contribution >= 0.6 is 23.2 Å². The molecule has 0 fully saturated rings. The molecule has 21 heavy (non-hydrogen) atoms. The van der Waals surface area contributed by atoms with Crippen molar-refractivity contribution in [3.63, 3.8) is 0 Å². The number of nitrogens with zero attached hydrogens (tertiary/aromatic N) is 2. The number of ether oxygens (including phenoxy) is 1. The van der Waals surface area contributed by atoms with E-state index in [9.17, 15) is 14.3 Å². The molecule has 1 aromatic carbocycles. The predicted molar refractivity (Wildman–Crippen MR) is 72.6 cm³/mol. The van der Waals surface area contributed by atoms with Crippen molar-refractivity contribution < 1.29 is 24.1 Å². The van der Waals surface area contributed by atoms with E-state index in [-0.39, 0.29) is 22.2 Å². The fourth-order valence-electron chi connectivity index (χ4n) is 1.59. The van der Waals surface area contributed by atoms with Crippen LogP contribution in [-0.4, -0.2) is 33.3 Å². The van der Waals surface area contributed by atoms with Gasteiger partial charge in [0.15, 0.2) is 23.1 Å². The van der Waals surface area contributed by atoms with Crippen molar-refractivity contribution in [3.8, 4) is 23.0 Å². The highest BCUT2D eigenvalue weighted by molar-refractivity contribution is 6.34. The molecular formula is C12H7Cl2FN2O4. The number of carboxylic acids is 1. The van der Waals surface area contributed by atoms with Crippen molar-refractivity contribution in [2.75, 3.05) is 7.11 Å². The van der Waals surface area contributed by atoms with Crippen LogP contribution in [0.2, 0.25) is 10.0 Å². The Morgan fingerprint density at radius 2 is 2.00 bits per heavy atom. The van der Waals surface area contributed by atoms with Gasteiger partial charge in [-0.25, -0.2) is 14.2 Å². The minimum absolute atomic E-state index is 0.0235. The van der Waals surface area contributed by atoms with Crippen molar-refractivity contribution in [1.82, 2.24) is 9.97 Å². The lowest BCUT2D eigenvalue weighted by Gasteiger charge is -2.09. The van der Waals surface area contributed by atoms with Crippen molar-refractivity contribution in [2.24, 2.45) is 0 Å². The summed E-state index contributed by atoms with van der Waals surface area (Å²) in [7, 11) is 1.22. The van der Waals surface area contributed by atoms with E-state index in [1.54, 1.807) is 0 Å². The van der Waals surface area contributed by atoms with Crippen LogP contribution in [0.15, 0.2) is 12.1 Å². The molecule has 0 aliphatic carbocycles. The maximum Gasteiger partial charge on any atom is 0.356 e. The van der Waals surface area contributed by atoms with Crippen LogP contribution in [0.4, 0.5) is 4.39 Å². The first-order valence-corrected chi connectivity index (χ1v) is 6.14. The van der Waals surface area contributed by atoms with Crippen LogP contribution in [0.5, 0.6) is 11.6 Å². The molecule has 0 saturated carbocycles. The molecule has 0 aliphatic rings. The molecule has 0 amide bonds. The van der Waals surface area contributed by atoms with E-state index in [4.69, 9.17) is 33.0 Å². The van der Waals surface area contributed by atoms with Gasteiger partial charge in [-0.3, -0.25) is 0 Å². The predicted octanol–water partition coefficient (Wildman–Crippen LogP) is 3.00. The molecule has 2 aromatic rings. The number of rotatable bonds is 3. The second-order valence-electron chi connectivity index (χ2n) is 3.78. The maximum absolute atomic E-state index is 14.2. The zero-order chi connectivity index (χ0) is 15.7. The third-order valence-corrected chi connectivity index (χ3v) is 3.18. The molecule has 0 bridgehead atoms. The number of methoxy groups -OCH3 is 1. The second-order valence-corrected chi connectivity index (χ2v) is 4.57. The SMILES string of the molecule is COc1c(Cl)ccc(-c2nc(O)c(Cl)c(C(=O)O)n2)c1F. The highest BCUT2D eigenvalue weighted by atomic mass is 35.5. The molecule has 0 atom stereocenters. The van der Waals surface area contributed by atoms with E-state index in [0.717, 1.165) is 0 Å². The lowest BCUT2D eigenvalue weighted by atomic mass is 10.1. The first kappa shape index (κ1) is 15.3. The van der Waals surface area contributed by atoms with Gasteiger partial charge >= 0.3 is 5.97 Å². The van der Waals surface area contributed by atoms with Gasteiger partial charge in [0.25, 0.3) is 0 Å². The van der Waals surface area contributed by atoms with Crippen LogP contribution in [0.25, 0.3) is 11.4 Å². The lowest BCUT2D eigenvalue weighted by molar-refractivity contribution is 0.0690. The largest absolute Gasteiger partial charge is 0.492 e. The zero-order valence-electron chi connectivity index (χ0n) is 10.4. The topological polar surface area (TPSA) is 92.5 Å². The third kappa shape index (κ3) is 2.70. The smallest absolute Gasteiger partial charge is 0.356 e. The first-order valence-electron chi connectivity index (χ1n) is 5.39. The number of carbonyl (C=O) groups is 1. The Hall–Kier alpha value is -2.12. The number of hydrogen-bond donors (Lipinski definition) is 2. The van der Waals surface area contributed by atoms with Crippen molar-refractivity contribution in [3.05, 3.63) is 33.7 Å². The Morgan fingerprint density at radius 1 is 1.33 bits per heavy atom. The fourth-order valence-corrected chi connectivity index (χ4v) is 1.98. The number of benzene rings is 1. The van der Waals surface area contributed by atoms with Gasteiger partial charge in [0.2, 0.25) is 5.88 Å². The summed E-state index contributed by atoms with van der Waals surface area (Å²) in [6.45, 7) is 0. The van der Waals surface area contributed by atoms with E-state index in [2.05, 4.69) is 9.97 Å². The average Bonchev–Trinajstić information content (AvgIpc) is 2.42. The van der Waals surface area contributed by atoms with E-state index >= 15 is 0 Å². The normalized spacial score (nSPS) is 10.5. The Balaban J connectivity index is 2.71. The molecule has 0 saturated heterocycles. The van der Waals surface area contributed by atoms with Gasteiger partial charge in [-0.05, 0) is 12.1 Å². The highest BCUT2D eigenvalue weighted by Gasteiger charge is 2.22. The van der Waals surface area contributed by atoms with Gasteiger partial charge in [-0.15, -0.1) is 0 Å². The van der Waals surface area contributed by atoms with Crippen molar-refractivity contribution in [2.45, 2.75) is 0 Å². The second kappa shape index (κ2) is 5.71. The summed E-state index contributed by atoms with van der Waals surface area (Å²) in [6.07, 6.45) is 0. The molecule has 0 spiro atoms. The number of aromatic hydroxyl groups is 1. The van der Waals surface area contributed by atoms with Crippen LogP contribution in [-0.2, 0) is 0 Å². The Labute approximate surface area is 127 Å². The minimum Gasteiger partial charge on any atom is -0.492 e. The summed E-state index contributed by atoms with van der Waals surface area (Å²) < 4.78 is 19.0. The number of aromatic nitrogens is 2. The molecular weight excluding hydrogens is 326 g/mol. The average molecular weight is 333 g/mol. The number of aromatic carboxylic acids is 1. The fraction of sp³-hybridized carbons (Fsp3) is 0.0833. The number of hydrogen-bond acceptors (Lipinski definition) is 5. The van der Waals surface area contributed by atoms with E-state index in [1.807, 2.05) is 0 Å². The quantitative estimate of drug-likeness (QED) is 0.897. The monoisotopic (exact) mass is 332 g/mol. The molecule has 9 heteroatoms. The Morgan fingerprint density at radius 3 is 2.57 bits per heavy atom. The third-order valence-electron chi connectivity index (χ3n) is 2.53. The molecule has 2 N–H and O–H groups in total. The summed E-state index contributed by atoms with van der Waals surface area (Å²) in [5, 5.41) is 18.0. The molecule has 0 aliphatic heterocycles. The van der Waals surface area contributed by atoms with Gasteiger partial charge in [0.05, 0.1) is 17.7 Å². The maximum atomic E-state index is 14.2. The van der Waals surface area contributed by atoms with Gasteiger partial charge in [0.1, 0.15) is 5.02 Å². The van der Waals surface area contributed by atoms with Crippen LogP contribution in [0.3, 0.4) is 0 Å². The van der Waals surface area contributed by atoms with E-state index < -0.39 is 28.4 Å². The van der Waals surface area contributed by atoms with Crippen LogP contribution in [0.1, 0.15) is 10.5 Å².